The Kier molecular flexibility index (Phi) is 8.08. The molecule has 2 heterocycles. The molecule has 0 aliphatic carbocycles. The molecule has 2 N–H and O–H groups in total. The van der Waals surface area contributed by atoms with E-state index in [-0.39, 0.29) is 12.1 Å². The number of hydrogen-bond acceptors (Lipinski definition) is 4. The summed E-state index contributed by atoms with van der Waals surface area (Å²) >= 11 is 19.8. The first-order valence-corrected chi connectivity index (χ1v) is 13.9. The van der Waals surface area contributed by atoms with Crippen LogP contribution in [0.3, 0.4) is 0 Å². The zero-order valence-corrected chi connectivity index (χ0v) is 23.9. The fourth-order valence-electron chi connectivity index (χ4n) is 5.48. The Morgan fingerprint density at radius 1 is 1.00 bits per heavy atom. The van der Waals surface area contributed by atoms with E-state index in [4.69, 9.17) is 34.8 Å². The van der Waals surface area contributed by atoms with Crippen molar-refractivity contribution in [2.75, 3.05) is 24.5 Å². The van der Waals surface area contributed by atoms with Crippen LogP contribution < -0.4 is 10.2 Å². The number of para-hydroxylation sites is 1. The predicted octanol–water partition coefficient (Wildman–Crippen LogP) is 6.65. The van der Waals surface area contributed by atoms with Crippen molar-refractivity contribution in [3.63, 3.8) is 0 Å². The molecule has 0 aromatic heterocycles. The van der Waals surface area contributed by atoms with Gasteiger partial charge in [0.15, 0.2) is 0 Å². The Bertz CT molecular complexity index is 1410. The molecule has 1 atom stereocenters. The van der Waals surface area contributed by atoms with Crippen molar-refractivity contribution >= 4 is 58.2 Å². The Balaban J connectivity index is 1.62. The summed E-state index contributed by atoms with van der Waals surface area (Å²) in [4.78, 5) is 31.0. The SMILES string of the molecule is CC(C)N1CCN(Cc2cc(-c3ccccc3Cl)c3c(c2)N(c2c(Cl)cccc2Cl)C(=O)NC3)CC1C(=O)O. The van der Waals surface area contributed by atoms with Gasteiger partial charge in [0.1, 0.15) is 6.04 Å². The lowest BCUT2D eigenvalue weighted by Gasteiger charge is -2.41. The summed E-state index contributed by atoms with van der Waals surface area (Å²) in [5.41, 5.74) is 4.60. The Morgan fingerprint density at radius 3 is 2.36 bits per heavy atom. The van der Waals surface area contributed by atoms with E-state index in [1.165, 1.54) is 4.90 Å². The number of aliphatic carboxylic acids is 1. The molecular weight excluding hydrogens is 559 g/mol. The summed E-state index contributed by atoms with van der Waals surface area (Å²) in [6.07, 6.45) is 0. The van der Waals surface area contributed by atoms with Gasteiger partial charge in [-0.2, -0.15) is 0 Å². The van der Waals surface area contributed by atoms with Crippen molar-refractivity contribution < 1.29 is 14.7 Å². The number of hydrogen-bond donors (Lipinski definition) is 2. The number of urea groups is 1. The van der Waals surface area contributed by atoms with Gasteiger partial charge in [0.2, 0.25) is 0 Å². The van der Waals surface area contributed by atoms with Crippen LogP contribution in [0.1, 0.15) is 25.0 Å². The van der Waals surface area contributed by atoms with Crippen molar-refractivity contribution in [3.05, 3.63) is 80.8 Å². The van der Waals surface area contributed by atoms with Crippen molar-refractivity contribution in [1.29, 1.82) is 0 Å². The second-order valence-electron chi connectivity index (χ2n) is 10.1. The van der Waals surface area contributed by atoms with Crippen LogP contribution in [-0.4, -0.2) is 58.6 Å². The fourth-order valence-corrected chi connectivity index (χ4v) is 6.29. The van der Waals surface area contributed by atoms with Crippen LogP contribution in [0.5, 0.6) is 0 Å². The predicted molar refractivity (Wildman–Crippen MR) is 156 cm³/mol. The number of nitrogens with one attached hydrogen (secondary N) is 1. The van der Waals surface area contributed by atoms with Gasteiger partial charge in [-0.3, -0.25) is 19.5 Å². The van der Waals surface area contributed by atoms with Gasteiger partial charge < -0.3 is 10.4 Å². The number of anilines is 2. The lowest BCUT2D eigenvalue weighted by atomic mass is 9.93. The second-order valence-corrected chi connectivity index (χ2v) is 11.3. The molecule has 3 aromatic rings. The lowest BCUT2D eigenvalue weighted by Crippen LogP contribution is -2.58. The average Bonchev–Trinajstić information content (AvgIpc) is 2.89. The molecule has 0 saturated carbocycles. The van der Waals surface area contributed by atoms with Gasteiger partial charge in [-0.15, -0.1) is 0 Å². The van der Waals surface area contributed by atoms with E-state index in [9.17, 15) is 14.7 Å². The number of fused-ring (bicyclic) bond motifs is 1. The highest BCUT2D eigenvalue weighted by Gasteiger charge is 2.35. The van der Waals surface area contributed by atoms with Gasteiger partial charge in [-0.05, 0) is 55.3 Å². The van der Waals surface area contributed by atoms with Gasteiger partial charge in [0, 0.05) is 54.9 Å². The van der Waals surface area contributed by atoms with E-state index in [0.717, 1.165) is 28.8 Å². The number of rotatable bonds is 6. The molecule has 2 amide bonds. The number of carbonyl (C=O) groups excluding carboxylic acids is 1. The first kappa shape index (κ1) is 27.7. The summed E-state index contributed by atoms with van der Waals surface area (Å²) in [6.45, 7) is 6.62. The Labute approximate surface area is 242 Å². The van der Waals surface area contributed by atoms with E-state index in [0.29, 0.717) is 52.6 Å². The number of carbonyl (C=O) groups is 2. The van der Waals surface area contributed by atoms with Crippen molar-refractivity contribution in [1.82, 2.24) is 15.1 Å². The minimum Gasteiger partial charge on any atom is -0.480 e. The topological polar surface area (TPSA) is 76.1 Å². The summed E-state index contributed by atoms with van der Waals surface area (Å²) in [5.74, 6) is -0.827. The van der Waals surface area contributed by atoms with E-state index < -0.39 is 12.0 Å². The minimum absolute atomic E-state index is 0.135. The number of halogens is 3. The highest BCUT2D eigenvalue weighted by molar-refractivity contribution is 6.40. The Hall–Kier alpha value is -2.81. The third kappa shape index (κ3) is 5.47. The van der Waals surface area contributed by atoms with Crippen molar-refractivity contribution in [2.24, 2.45) is 0 Å². The van der Waals surface area contributed by atoms with Crippen LogP contribution in [0.2, 0.25) is 15.1 Å². The maximum atomic E-state index is 13.3. The average molecular weight is 588 g/mol. The quantitative estimate of drug-likeness (QED) is 0.338. The molecule has 0 radical (unpaired) electrons. The molecule has 1 fully saturated rings. The highest BCUT2D eigenvalue weighted by Crippen LogP contribution is 2.44. The fraction of sp³-hybridized carbons (Fsp3) is 0.310. The highest BCUT2D eigenvalue weighted by atomic mass is 35.5. The van der Waals surface area contributed by atoms with Gasteiger partial charge in [-0.1, -0.05) is 59.1 Å². The summed E-state index contributed by atoms with van der Waals surface area (Å²) < 4.78 is 0. The number of piperazine rings is 1. The molecule has 7 nitrogen and oxygen atoms in total. The largest absolute Gasteiger partial charge is 0.480 e. The first-order valence-electron chi connectivity index (χ1n) is 12.8. The lowest BCUT2D eigenvalue weighted by molar-refractivity contribution is -0.147. The van der Waals surface area contributed by atoms with Crippen LogP contribution >= 0.6 is 34.8 Å². The van der Waals surface area contributed by atoms with E-state index in [1.807, 2.05) is 49.1 Å². The summed E-state index contributed by atoms with van der Waals surface area (Å²) in [7, 11) is 0. The molecule has 2 aliphatic rings. The maximum Gasteiger partial charge on any atom is 0.326 e. The molecule has 0 bridgehead atoms. The number of carboxylic acid groups (broad SMARTS) is 1. The first-order chi connectivity index (χ1) is 18.7. The van der Waals surface area contributed by atoms with Gasteiger partial charge in [0.05, 0.1) is 21.4 Å². The second kappa shape index (κ2) is 11.4. The third-order valence-corrected chi connectivity index (χ3v) is 8.27. The van der Waals surface area contributed by atoms with E-state index >= 15 is 0 Å². The molecule has 2 aliphatic heterocycles. The van der Waals surface area contributed by atoms with Crippen LogP contribution in [0, 0.1) is 0 Å². The van der Waals surface area contributed by atoms with Gasteiger partial charge in [-0.25, -0.2) is 4.79 Å². The third-order valence-electron chi connectivity index (χ3n) is 7.33. The minimum atomic E-state index is -0.827. The summed E-state index contributed by atoms with van der Waals surface area (Å²) in [6, 6.07) is 16.0. The van der Waals surface area contributed by atoms with Crippen LogP contribution in [0.4, 0.5) is 16.2 Å². The number of benzene rings is 3. The van der Waals surface area contributed by atoms with Gasteiger partial charge >= 0.3 is 12.0 Å². The molecular formula is C29H29Cl3N4O3. The number of carboxylic acids is 1. The van der Waals surface area contributed by atoms with Crippen molar-refractivity contribution in [3.8, 4) is 11.1 Å². The van der Waals surface area contributed by atoms with Crippen LogP contribution in [-0.2, 0) is 17.9 Å². The van der Waals surface area contributed by atoms with E-state index in [2.05, 4.69) is 16.3 Å². The number of nitrogens with zero attached hydrogens (tertiary/aromatic N) is 3. The zero-order valence-electron chi connectivity index (χ0n) is 21.6. The monoisotopic (exact) mass is 586 g/mol. The van der Waals surface area contributed by atoms with Crippen LogP contribution in [0.15, 0.2) is 54.6 Å². The smallest absolute Gasteiger partial charge is 0.326 e. The Morgan fingerprint density at radius 2 is 1.69 bits per heavy atom. The molecule has 204 valence electrons. The molecule has 3 aromatic carbocycles. The molecule has 1 saturated heterocycles. The van der Waals surface area contributed by atoms with Gasteiger partial charge in [0.25, 0.3) is 0 Å². The standard InChI is InChI=1S/C29H29Cl3N4O3/c1-17(2)35-11-10-34(16-26(35)28(37)38)15-18-12-20(19-6-3-4-7-22(19)30)21-14-33-29(39)36(25(21)13-18)27-23(31)8-5-9-24(27)32/h3-9,12-13,17,26H,10-11,14-16H2,1-2H3,(H,33,39)(H,37,38). The molecule has 39 heavy (non-hydrogen) atoms. The molecule has 1 unspecified atom stereocenters. The zero-order chi connectivity index (χ0) is 27.8. The number of amides is 2. The van der Waals surface area contributed by atoms with E-state index in [1.54, 1.807) is 18.2 Å². The van der Waals surface area contributed by atoms with Crippen molar-refractivity contribution in [2.45, 2.75) is 39.0 Å². The molecule has 5 rings (SSSR count). The molecule has 10 heteroatoms. The summed E-state index contributed by atoms with van der Waals surface area (Å²) in [5, 5.41) is 14.1. The van der Waals surface area contributed by atoms with Crippen LogP contribution in [0.25, 0.3) is 11.1 Å². The maximum absolute atomic E-state index is 13.3. The molecule has 0 spiro atoms. The normalized spacial score (nSPS) is 18.3.